The highest BCUT2D eigenvalue weighted by Gasteiger charge is 2.46. The van der Waals surface area contributed by atoms with Crippen molar-refractivity contribution in [3.05, 3.63) is 51.2 Å². The van der Waals surface area contributed by atoms with Crippen LogP contribution in [-0.4, -0.2) is 40.3 Å². The molecule has 1 aromatic carbocycles. The van der Waals surface area contributed by atoms with E-state index in [2.05, 4.69) is 13.8 Å². The van der Waals surface area contributed by atoms with E-state index in [9.17, 15) is 19.7 Å². The third-order valence-electron chi connectivity index (χ3n) is 6.70. The summed E-state index contributed by atoms with van der Waals surface area (Å²) in [5.41, 5.74) is 2.69. The molecule has 164 valence electrons. The van der Waals surface area contributed by atoms with E-state index in [1.807, 2.05) is 11.8 Å². The van der Waals surface area contributed by atoms with Crippen molar-refractivity contribution in [1.82, 2.24) is 4.90 Å². The molecule has 0 spiro atoms. The van der Waals surface area contributed by atoms with E-state index in [1.165, 1.54) is 12.1 Å². The number of piperidine rings is 1. The number of ketones is 1. The molecule has 4 rings (SSSR count). The van der Waals surface area contributed by atoms with Crippen LogP contribution in [0.4, 0.5) is 5.69 Å². The van der Waals surface area contributed by atoms with Gasteiger partial charge in [0, 0.05) is 54.5 Å². The Balaban J connectivity index is 1.81. The summed E-state index contributed by atoms with van der Waals surface area (Å²) in [4.78, 5) is 44.3. The average Bonchev–Trinajstić information content (AvgIpc) is 2.72. The molecule has 3 aliphatic rings. The van der Waals surface area contributed by atoms with Crippen molar-refractivity contribution in [1.29, 1.82) is 0 Å². The highest BCUT2D eigenvalue weighted by atomic mass is 16.6. The number of Topliss-reactive ketones (excluding diaryl/α,β-unsaturated/α-hetero) is 1. The second kappa shape index (κ2) is 8.02. The lowest BCUT2D eigenvalue weighted by atomic mass is 9.66. The van der Waals surface area contributed by atoms with Gasteiger partial charge in [-0.1, -0.05) is 26.0 Å². The van der Waals surface area contributed by atoms with Gasteiger partial charge in [-0.25, -0.2) is 0 Å². The lowest BCUT2D eigenvalue weighted by molar-refractivity contribution is -0.384. The van der Waals surface area contributed by atoms with E-state index in [-0.39, 0.29) is 22.8 Å². The number of amides is 1. The largest absolute Gasteiger partial charge is 0.342 e. The summed E-state index contributed by atoms with van der Waals surface area (Å²) in [5, 5.41) is 11.1. The minimum absolute atomic E-state index is 0.00540. The number of non-ortho nitro benzene ring substituents is 1. The quantitative estimate of drug-likeness (QED) is 0.531. The number of hydrogen-bond acceptors (Lipinski definition) is 5. The second-order valence-electron chi connectivity index (χ2n) is 9.74. The summed E-state index contributed by atoms with van der Waals surface area (Å²) in [6.07, 6.45) is 4.18. The Kier molecular flexibility index (Phi) is 5.54. The van der Waals surface area contributed by atoms with Gasteiger partial charge in [-0.15, -0.1) is 0 Å². The molecule has 31 heavy (non-hydrogen) atoms. The average molecular weight is 424 g/mol. The Labute approximate surface area is 182 Å². The molecular weight excluding hydrogens is 394 g/mol. The maximum Gasteiger partial charge on any atom is 0.269 e. The van der Waals surface area contributed by atoms with Crippen LogP contribution in [0.3, 0.4) is 0 Å². The minimum Gasteiger partial charge on any atom is -0.342 e. The van der Waals surface area contributed by atoms with E-state index < -0.39 is 16.8 Å². The predicted octanol–water partition coefficient (Wildman–Crippen LogP) is 4.42. The maximum atomic E-state index is 13.6. The predicted molar refractivity (Wildman–Crippen MR) is 118 cm³/mol. The van der Waals surface area contributed by atoms with Crippen molar-refractivity contribution < 1.29 is 14.5 Å². The second-order valence-corrected chi connectivity index (χ2v) is 9.74. The number of hydrogen-bond donors (Lipinski definition) is 0. The Morgan fingerprint density at radius 3 is 2.39 bits per heavy atom. The van der Waals surface area contributed by atoms with Gasteiger partial charge in [-0.2, -0.15) is 0 Å². The van der Waals surface area contributed by atoms with Gasteiger partial charge >= 0.3 is 0 Å². The molecule has 1 aliphatic carbocycles. The highest BCUT2D eigenvalue weighted by Crippen LogP contribution is 2.48. The number of rotatable bonds is 3. The van der Waals surface area contributed by atoms with Crippen LogP contribution in [0.5, 0.6) is 0 Å². The third kappa shape index (κ3) is 4.05. The molecule has 2 atom stereocenters. The molecule has 1 amide bonds. The van der Waals surface area contributed by atoms with Crippen molar-refractivity contribution in [3.8, 4) is 0 Å². The van der Waals surface area contributed by atoms with Gasteiger partial charge in [-0.05, 0) is 43.6 Å². The van der Waals surface area contributed by atoms with Crippen LogP contribution in [0.1, 0.15) is 64.4 Å². The van der Waals surface area contributed by atoms with Gasteiger partial charge < -0.3 is 4.90 Å². The Morgan fingerprint density at radius 2 is 1.77 bits per heavy atom. The Hall–Kier alpha value is -2.83. The summed E-state index contributed by atoms with van der Waals surface area (Å²) in [6.45, 7) is 7.45. The zero-order valence-corrected chi connectivity index (χ0v) is 18.4. The number of carbonyl (C=O) groups is 2. The first-order valence-corrected chi connectivity index (χ1v) is 11.0. The summed E-state index contributed by atoms with van der Waals surface area (Å²) in [7, 11) is 0. The van der Waals surface area contributed by atoms with Crippen LogP contribution in [0.15, 0.2) is 40.5 Å². The first-order chi connectivity index (χ1) is 14.7. The zero-order chi connectivity index (χ0) is 22.3. The fourth-order valence-electron chi connectivity index (χ4n) is 5.24. The molecule has 0 bridgehead atoms. The molecule has 2 heterocycles. The number of nitro benzene ring substituents is 1. The minimum atomic E-state index is -0.552. The summed E-state index contributed by atoms with van der Waals surface area (Å²) < 4.78 is 0. The molecule has 7 nitrogen and oxygen atoms in total. The molecule has 1 fully saturated rings. The lowest BCUT2D eigenvalue weighted by Gasteiger charge is -2.41. The molecule has 0 saturated carbocycles. The van der Waals surface area contributed by atoms with E-state index in [0.29, 0.717) is 18.4 Å². The molecule has 7 heteroatoms. The standard InChI is InChI=1S/C24H29N3O4/c1-15-20(23(29)26-11-5-4-6-12-26)21(16-7-9-17(10-8-16)27(30)31)22-18(25-15)13-24(2,3)14-19(22)28/h7-10,20-21H,4-6,11-14H2,1-3H3/t20?,21-/m1/s1. The lowest BCUT2D eigenvalue weighted by Crippen LogP contribution is -2.46. The first-order valence-electron chi connectivity index (χ1n) is 11.0. The van der Waals surface area contributed by atoms with Crippen molar-refractivity contribution in [2.75, 3.05) is 13.1 Å². The fraction of sp³-hybridized carbons (Fsp3) is 0.542. The first kappa shape index (κ1) is 21.4. The van der Waals surface area contributed by atoms with Gasteiger partial charge in [-0.3, -0.25) is 24.7 Å². The third-order valence-corrected chi connectivity index (χ3v) is 6.70. The molecule has 1 unspecified atom stereocenters. The number of nitro groups is 1. The summed E-state index contributed by atoms with van der Waals surface area (Å²) in [5.74, 6) is -0.967. The van der Waals surface area contributed by atoms with Gasteiger partial charge in [0.15, 0.2) is 5.78 Å². The normalized spacial score (nSPS) is 25.7. The topological polar surface area (TPSA) is 92.9 Å². The van der Waals surface area contributed by atoms with Crippen LogP contribution in [0.25, 0.3) is 0 Å². The van der Waals surface area contributed by atoms with Crippen molar-refractivity contribution in [3.63, 3.8) is 0 Å². The van der Waals surface area contributed by atoms with Crippen molar-refractivity contribution in [2.45, 2.75) is 58.8 Å². The molecule has 1 saturated heterocycles. The maximum absolute atomic E-state index is 13.6. The Morgan fingerprint density at radius 1 is 1.13 bits per heavy atom. The Bertz CT molecular complexity index is 985. The number of benzene rings is 1. The van der Waals surface area contributed by atoms with Crippen molar-refractivity contribution in [2.24, 2.45) is 16.3 Å². The van der Waals surface area contributed by atoms with Crippen LogP contribution in [0, 0.1) is 21.4 Å². The summed E-state index contributed by atoms with van der Waals surface area (Å²) >= 11 is 0. The van der Waals surface area contributed by atoms with Gasteiger partial charge in [0.05, 0.1) is 10.8 Å². The van der Waals surface area contributed by atoms with E-state index in [1.54, 1.807) is 12.1 Å². The molecule has 0 aromatic heterocycles. The number of carbonyl (C=O) groups excluding carboxylic acids is 2. The smallest absolute Gasteiger partial charge is 0.269 e. The van der Waals surface area contributed by atoms with Crippen molar-refractivity contribution >= 4 is 23.1 Å². The molecule has 0 radical (unpaired) electrons. The zero-order valence-electron chi connectivity index (χ0n) is 18.4. The molecule has 1 aromatic rings. The fourth-order valence-corrected chi connectivity index (χ4v) is 5.24. The van der Waals surface area contributed by atoms with Gasteiger partial charge in [0.1, 0.15) is 0 Å². The monoisotopic (exact) mass is 423 g/mol. The molecule has 0 N–H and O–H groups in total. The molecule has 2 aliphatic heterocycles. The van der Waals surface area contributed by atoms with Gasteiger partial charge in [0.25, 0.3) is 5.69 Å². The SMILES string of the molecule is CC1=NC2=C(C(=O)CC(C)(C)C2)[C@H](c2ccc([N+](=O)[O-])cc2)C1C(=O)N1CCCCC1. The summed E-state index contributed by atoms with van der Waals surface area (Å²) in [6, 6.07) is 6.29. The van der Waals surface area contributed by atoms with Crippen LogP contribution in [0.2, 0.25) is 0 Å². The van der Waals surface area contributed by atoms with Gasteiger partial charge in [0.2, 0.25) is 5.91 Å². The van der Waals surface area contributed by atoms with Crippen LogP contribution >= 0.6 is 0 Å². The van der Waals surface area contributed by atoms with Crippen LogP contribution in [-0.2, 0) is 9.59 Å². The van der Waals surface area contributed by atoms with E-state index >= 15 is 0 Å². The highest BCUT2D eigenvalue weighted by molar-refractivity contribution is 6.10. The number of nitrogens with zero attached hydrogens (tertiary/aromatic N) is 3. The van der Waals surface area contributed by atoms with E-state index in [4.69, 9.17) is 4.99 Å². The molecular formula is C24H29N3O4. The number of aliphatic imine (C=N–C) groups is 1. The number of allylic oxidation sites excluding steroid dienone is 2. The van der Waals surface area contributed by atoms with Crippen LogP contribution < -0.4 is 0 Å². The van der Waals surface area contributed by atoms with E-state index in [0.717, 1.165) is 49.3 Å². The number of likely N-dealkylation sites (tertiary alicyclic amines) is 1.